The highest BCUT2D eigenvalue weighted by atomic mass is 32.5. The van der Waals surface area contributed by atoms with Crippen molar-refractivity contribution < 1.29 is 46.9 Å². The number of halogens is 8. The fraction of sp³-hybridized carbons (Fsp3) is 0.211. The summed E-state index contributed by atoms with van der Waals surface area (Å²) < 4.78 is 109. The summed E-state index contributed by atoms with van der Waals surface area (Å²) in [7, 11) is -9.96. The van der Waals surface area contributed by atoms with Gasteiger partial charge in [-0.1, -0.05) is 19.4 Å². The molecular weight excluding hydrogens is 502 g/mol. The van der Waals surface area contributed by atoms with Crippen molar-refractivity contribution in [3.8, 4) is 11.8 Å². The number of hydrogen-bond donors (Lipinski definition) is 2. The lowest BCUT2D eigenvalue weighted by molar-refractivity contribution is -0.139. The Morgan fingerprint density at radius 1 is 1.03 bits per heavy atom. The van der Waals surface area contributed by atoms with Gasteiger partial charge in [0.2, 0.25) is 5.91 Å². The van der Waals surface area contributed by atoms with E-state index in [0.717, 1.165) is 19.1 Å². The van der Waals surface area contributed by atoms with Gasteiger partial charge in [0.25, 0.3) is 5.91 Å². The number of nitrogens with one attached hydrogen (secondary N) is 1. The molecule has 2 rings (SSSR count). The average molecular weight is 517 g/mol. The molecule has 2 aromatic carbocycles. The number of alkyl halides is 3. The first-order valence-corrected chi connectivity index (χ1v) is 10.8. The molecule has 0 aromatic heterocycles. The van der Waals surface area contributed by atoms with E-state index in [1.54, 1.807) is 6.07 Å². The van der Waals surface area contributed by atoms with Crippen LogP contribution in [0.4, 0.5) is 32.6 Å². The van der Waals surface area contributed by atoms with E-state index in [4.69, 9.17) is 10.5 Å². The first-order valence-electron chi connectivity index (χ1n) is 8.87. The zero-order chi connectivity index (χ0) is 26.2. The summed E-state index contributed by atoms with van der Waals surface area (Å²) in [6, 6.07) is 4.61. The smallest absolute Gasteiger partial charge is 0.419 e. The van der Waals surface area contributed by atoms with Crippen LogP contribution in [0.2, 0.25) is 0 Å². The van der Waals surface area contributed by atoms with E-state index in [-0.39, 0.29) is 12.1 Å². The molecule has 15 heteroatoms. The quantitative estimate of drug-likeness (QED) is 0.470. The summed E-state index contributed by atoms with van der Waals surface area (Å²) in [5, 5.41) is 11.4. The Kier molecular flexibility index (Phi) is 6.09. The lowest BCUT2D eigenvalue weighted by Gasteiger charge is -2.40. The summed E-state index contributed by atoms with van der Waals surface area (Å²) in [6.45, 7) is 0.177. The predicted molar refractivity (Wildman–Crippen MR) is 105 cm³/mol. The molecule has 0 aliphatic carbocycles. The van der Waals surface area contributed by atoms with Crippen LogP contribution in [0.15, 0.2) is 47.4 Å². The van der Waals surface area contributed by atoms with Gasteiger partial charge in [-0.2, -0.15) is 18.4 Å². The fourth-order valence-electron chi connectivity index (χ4n) is 2.54. The molecule has 0 saturated heterocycles. The van der Waals surface area contributed by atoms with Crippen LogP contribution in [0.5, 0.6) is 5.75 Å². The Morgan fingerprint density at radius 3 is 2.00 bits per heavy atom. The molecule has 2 amide bonds. The van der Waals surface area contributed by atoms with E-state index in [9.17, 15) is 47.5 Å². The van der Waals surface area contributed by atoms with E-state index in [1.165, 1.54) is 0 Å². The molecular formula is C19H15F8N3O3S. The van der Waals surface area contributed by atoms with Gasteiger partial charge < -0.3 is 15.8 Å². The Balaban J connectivity index is 2.23. The first-order chi connectivity index (χ1) is 15.1. The monoisotopic (exact) mass is 517 g/mol. The standard InChI is InChI=1S/C19H15F8N3O3S/c1-18(9-28,10-33-15-7-4-12(16(29)31)8-14(15)19(20,21)22)30-17(32)11-2-5-13(6-3-11)34(23,24,25,26)27/h2-8H,10H2,1H3,(H2,29,31)(H,30,32). The second-order valence-corrected chi connectivity index (χ2v) is 9.66. The van der Waals surface area contributed by atoms with Crippen LogP contribution in [-0.4, -0.2) is 24.0 Å². The molecule has 1 atom stereocenters. The summed E-state index contributed by atoms with van der Waals surface area (Å²) in [5.74, 6) is -3.11. The third-order valence-electron chi connectivity index (χ3n) is 4.28. The summed E-state index contributed by atoms with van der Waals surface area (Å²) in [6.07, 6.45) is -4.97. The van der Waals surface area contributed by atoms with Crippen molar-refractivity contribution in [2.45, 2.75) is 23.5 Å². The van der Waals surface area contributed by atoms with Crippen LogP contribution in [0.1, 0.15) is 33.2 Å². The molecule has 0 radical (unpaired) electrons. The fourth-order valence-corrected chi connectivity index (χ4v) is 3.19. The van der Waals surface area contributed by atoms with Gasteiger partial charge >= 0.3 is 16.4 Å². The van der Waals surface area contributed by atoms with Crippen LogP contribution in [-0.2, 0) is 6.18 Å². The van der Waals surface area contributed by atoms with Crippen LogP contribution in [0.25, 0.3) is 0 Å². The Labute approximate surface area is 187 Å². The van der Waals surface area contributed by atoms with Gasteiger partial charge in [0.15, 0.2) is 5.54 Å². The maximum absolute atomic E-state index is 13.3. The van der Waals surface area contributed by atoms with Gasteiger partial charge in [-0.25, -0.2) is 0 Å². The first kappa shape index (κ1) is 26.7. The maximum Gasteiger partial charge on any atom is 0.419 e. The molecule has 0 spiro atoms. The van der Waals surface area contributed by atoms with Crippen molar-refractivity contribution >= 4 is 22.0 Å². The molecule has 0 saturated carbocycles. The highest BCUT2D eigenvalue weighted by molar-refractivity contribution is 8.45. The van der Waals surface area contributed by atoms with Crippen molar-refractivity contribution in [3.05, 3.63) is 59.2 Å². The number of ether oxygens (including phenoxy) is 1. The van der Waals surface area contributed by atoms with Crippen molar-refractivity contribution in [3.63, 3.8) is 0 Å². The molecule has 34 heavy (non-hydrogen) atoms. The van der Waals surface area contributed by atoms with E-state index in [2.05, 4.69) is 5.32 Å². The van der Waals surface area contributed by atoms with E-state index in [0.29, 0.717) is 18.2 Å². The van der Waals surface area contributed by atoms with Crippen LogP contribution in [0.3, 0.4) is 0 Å². The number of nitriles is 1. The minimum absolute atomic E-state index is 0.00736. The van der Waals surface area contributed by atoms with E-state index >= 15 is 0 Å². The number of rotatable bonds is 7. The van der Waals surface area contributed by atoms with Crippen molar-refractivity contribution in [2.24, 2.45) is 5.73 Å². The second kappa shape index (κ2) is 7.76. The lowest BCUT2D eigenvalue weighted by Crippen LogP contribution is -2.49. The molecule has 0 aliphatic rings. The topological polar surface area (TPSA) is 105 Å². The SMILES string of the molecule is CC(C#N)(COc1ccc(C(N)=O)cc1C(F)(F)F)NC(=O)c1ccc(S(F)(F)(F)(F)F)cc1. The molecule has 186 valence electrons. The Morgan fingerprint density at radius 2 is 1.56 bits per heavy atom. The second-order valence-electron chi connectivity index (χ2n) is 7.25. The zero-order valence-electron chi connectivity index (χ0n) is 16.9. The van der Waals surface area contributed by atoms with Gasteiger partial charge in [0, 0.05) is 11.1 Å². The van der Waals surface area contributed by atoms with Crippen LogP contribution in [0, 0.1) is 11.3 Å². The molecule has 2 aromatic rings. The van der Waals surface area contributed by atoms with Crippen molar-refractivity contribution in [1.29, 1.82) is 5.26 Å². The number of amides is 2. The number of carbonyl (C=O) groups excluding carboxylic acids is 2. The molecule has 0 fully saturated rings. The number of nitrogens with two attached hydrogens (primary N) is 1. The molecule has 3 N–H and O–H groups in total. The highest BCUT2D eigenvalue weighted by Crippen LogP contribution is 3.02. The van der Waals surface area contributed by atoms with Crippen molar-refractivity contribution in [2.75, 3.05) is 6.61 Å². The number of benzene rings is 2. The lowest BCUT2D eigenvalue weighted by atomic mass is 10.0. The normalized spacial score (nSPS) is 15.8. The van der Waals surface area contributed by atoms with Crippen molar-refractivity contribution in [1.82, 2.24) is 5.32 Å². The number of hydrogen-bond acceptors (Lipinski definition) is 4. The minimum atomic E-state index is -9.96. The van der Waals surface area contributed by atoms with Gasteiger partial charge in [-0.15, -0.1) is 0 Å². The average Bonchev–Trinajstić information content (AvgIpc) is 2.70. The largest absolute Gasteiger partial charge is 0.489 e. The van der Waals surface area contributed by atoms with E-state index in [1.807, 2.05) is 0 Å². The van der Waals surface area contributed by atoms with Gasteiger partial charge in [-0.3, -0.25) is 9.59 Å². The summed E-state index contributed by atoms with van der Waals surface area (Å²) in [5.41, 5.74) is 0.573. The van der Waals surface area contributed by atoms with Crippen LogP contribution < -0.4 is 15.8 Å². The predicted octanol–water partition coefficient (Wildman–Crippen LogP) is 5.55. The number of carbonyl (C=O) groups is 2. The van der Waals surface area contributed by atoms with Gasteiger partial charge in [-0.05, 0) is 49.4 Å². The molecule has 1 unspecified atom stereocenters. The number of primary amides is 1. The summed E-state index contributed by atoms with van der Waals surface area (Å²) >= 11 is 0. The molecule has 0 bridgehead atoms. The zero-order valence-corrected chi connectivity index (χ0v) is 17.7. The molecule has 6 nitrogen and oxygen atoms in total. The summed E-state index contributed by atoms with van der Waals surface area (Å²) in [4.78, 5) is 21.2. The van der Waals surface area contributed by atoms with Gasteiger partial charge in [0.05, 0.1) is 11.6 Å². The van der Waals surface area contributed by atoms with Crippen LogP contribution >= 0.6 is 10.2 Å². The van der Waals surface area contributed by atoms with Gasteiger partial charge in [0.1, 0.15) is 17.3 Å². The third-order valence-corrected chi connectivity index (χ3v) is 5.45. The molecule has 0 heterocycles. The minimum Gasteiger partial charge on any atom is -0.489 e. The molecule has 0 aliphatic heterocycles. The number of nitrogens with zero attached hydrogens (tertiary/aromatic N) is 1. The Hall–Kier alpha value is -3.54. The third kappa shape index (κ3) is 6.50. The Bertz CT molecular complexity index is 1180. The maximum atomic E-state index is 13.3. The van der Waals surface area contributed by atoms with E-state index < -0.39 is 67.7 Å². The highest BCUT2D eigenvalue weighted by Gasteiger charge is 2.65.